The third-order valence-electron chi connectivity index (χ3n) is 3.42. The SMILES string of the molecule is C=C(c1ccc(N=C=O)cc1C)c1ccc(N=C=O)cc1C. The van der Waals surface area contributed by atoms with E-state index in [9.17, 15) is 9.59 Å². The highest BCUT2D eigenvalue weighted by Crippen LogP contribution is 2.30. The van der Waals surface area contributed by atoms with Crippen molar-refractivity contribution in [3.8, 4) is 0 Å². The van der Waals surface area contributed by atoms with Gasteiger partial charge in [-0.3, -0.25) is 0 Å². The average molecular weight is 290 g/mol. The summed E-state index contributed by atoms with van der Waals surface area (Å²) in [5, 5.41) is 0. The van der Waals surface area contributed by atoms with Crippen LogP contribution in [0, 0.1) is 13.8 Å². The van der Waals surface area contributed by atoms with Crippen molar-refractivity contribution in [1.29, 1.82) is 0 Å². The Balaban J connectivity index is 2.44. The van der Waals surface area contributed by atoms with E-state index in [4.69, 9.17) is 0 Å². The quantitative estimate of drug-likeness (QED) is 0.622. The van der Waals surface area contributed by atoms with Gasteiger partial charge in [0, 0.05) is 0 Å². The minimum absolute atomic E-state index is 0.566. The molecule has 4 heteroatoms. The number of hydrogen-bond donors (Lipinski definition) is 0. The number of aryl methyl sites for hydroxylation is 2. The third-order valence-corrected chi connectivity index (χ3v) is 3.42. The lowest BCUT2D eigenvalue weighted by molar-refractivity contribution is 0.564. The van der Waals surface area contributed by atoms with Crippen molar-refractivity contribution in [2.24, 2.45) is 9.98 Å². The molecular weight excluding hydrogens is 276 g/mol. The highest BCUT2D eigenvalue weighted by Gasteiger charge is 2.09. The summed E-state index contributed by atoms with van der Waals surface area (Å²) >= 11 is 0. The van der Waals surface area contributed by atoms with Crippen molar-refractivity contribution in [3.63, 3.8) is 0 Å². The minimum atomic E-state index is 0.566. The van der Waals surface area contributed by atoms with E-state index < -0.39 is 0 Å². The first-order valence-electron chi connectivity index (χ1n) is 6.63. The molecule has 0 saturated heterocycles. The average Bonchev–Trinajstić information content (AvgIpc) is 2.47. The first-order chi connectivity index (χ1) is 10.6. The van der Waals surface area contributed by atoms with Gasteiger partial charge in [-0.1, -0.05) is 18.7 Å². The summed E-state index contributed by atoms with van der Waals surface area (Å²) in [7, 11) is 0. The lowest BCUT2D eigenvalue weighted by atomic mass is 9.92. The fraction of sp³-hybridized carbons (Fsp3) is 0.111. The Morgan fingerprint density at radius 2 is 1.27 bits per heavy atom. The fourth-order valence-electron chi connectivity index (χ4n) is 2.36. The Kier molecular flexibility index (Phi) is 4.60. The second kappa shape index (κ2) is 6.59. The van der Waals surface area contributed by atoms with E-state index in [0.717, 1.165) is 27.8 Å². The molecule has 0 N–H and O–H groups in total. The van der Waals surface area contributed by atoms with E-state index >= 15 is 0 Å². The van der Waals surface area contributed by atoms with E-state index in [1.165, 1.54) is 12.2 Å². The van der Waals surface area contributed by atoms with Crippen molar-refractivity contribution in [2.75, 3.05) is 0 Å². The molecule has 0 radical (unpaired) electrons. The Bertz CT molecular complexity index is 771. The lowest BCUT2D eigenvalue weighted by Gasteiger charge is -2.13. The van der Waals surface area contributed by atoms with Gasteiger partial charge in [-0.25, -0.2) is 9.59 Å². The third kappa shape index (κ3) is 3.15. The van der Waals surface area contributed by atoms with Crippen LogP contribution in [-0.4, -0.2) is 12.2 Å². The zero-order chi connectivity index (χ0) is 16.1. The van der Waals surface area contributed by atoms with Gasteiger partial charge in [0.1, 0.15) is 0 Å². The number of benzene rings is 2. The monoisotopic (exact) mass is 290 g/mol. The van der Waals surface area contributed by atoms with Gasteiger partial charge < -0.3 is 0 Å². The van der Waals surface area contributed by atoms with Crippen molar-refractivity contribution in [2.45, 2.75) is 13.8 Å². The van der Waals surface area contributed by atoms with Gasteiger partial charge in [0.2, 0.25) is 12.2 Å². The highest BCUT2D eigenvalue weighted by molar-refractivity contribution is 5.82. The number of isocyanates is 2. The lowest BCUT2D eigenvalue weighted by Crippen LogP contribution is -1.92. The number of aliphatic imine (C=N–C) groups is 2. The van der Waals surface area contributed by atoms with Crippen molar-refractivity contribution >= 4 is 29.1 Å². The van der Waals surface area contributed by atoms with Gasteiger partial charge in [-0.05, 0) is 65.9 Å². The van der Waals surface area contributed by atoms with Gasteiger partial charge in [-0.2, -0.15) is 9.98 Å². The standard InChI is InChI=1S/C18H14N2O2/c1-12-8-15(19-10-21)4-6-17(12)14(3)18-7-5-16(20-11-22)9-13(18)2/h4-9H,3H2,1-2H3. The van der Waals surface area contributed by atoms with Gasteiger partial charge in [0.25, 0.3) is 0 Å². The van der Waals surface area contributed by atoms with Crippen LogP contribution in [-0.2, 0) is 9.59 Å². The van der Waals surface area contributed by atoms with E-state index in [1.807, 2.05) is 38.1 Å². The summed E-state index contributed by atoms with van der Waals surface area (Å²) in [4.78, 5) is 27.8. The molecule has 0 heterocycles. The summed E-state index contributed by atoms with van der Waals surface area (Å²) in [6, 6.07) is 10.9. The predicted molar refractivity (Wildman–Crippen MR) is 86.1 cm³/mol. The van der Waals surface area contributed by atoms with Crippen LogP contribution in [0.25, 0.3) is 5.57 Å². The van der Waals surface area contributed by atoms with E-state index in [1.54, 1.807) is 12.1 Å². The summed E-state index contributed by atoms with van der Waals surface area (Å²) in [6.45, 7) is 8.02. The van der Waals surface area contributed by atoms with Gasteiger partial charge in [-0.15, -0.1) is 0 Å². The maximum absolute atomic E-state index is 10.3. The number of nitrogens with zero attached hydrogens (tertiary/aromatic N) is 2. The van der Waals surface area contributed by atoms with Crippen molar-refractivity contribution < 1.29 is 9.59 Å². The first-order valence-corrected chi connectivity index (χ1v) is 6.63. The molecule has 0 bridgehead atoms. The Morgan fingerprint density at radius 1 is 0.864 bits per heavy atom. The van der Waals surface area contributed by atoms with Crippen molar-refractivity contribution in [3.05, 3.63) is 65.2 Å². The summed E-state index contributed by atoms with van der Waals surface area (Å²) < 4.78 is 0. The second-order valence-electron chi connectivity index (χ2n) is 4.88. The van der Waals surface area contributed by atoms with Crippen LogP contribution in [0.1, 0.15) is 22.3 Å². The largest absolute Gasteiger partial charge is 0.240 e. The molecule has 0 aromatic heterocycles. The van der Waals surface area contributed by atoms with Gasteiger partial charge >= 0.3 is 0 Å². The molecule has 2 aromatic rings. The molecule has 108 valence electrons. The van der Waals surface area contributed by atoms with Gasteiger partial charge in [0.15, 0.2) is 0 Å². The Labute approximate surface area is 128 Å². The van der Waals surface area contributed by atoms with Crippen LogP contribution >= 0.6 is 0 Å². The summed E-state index contributed by atoms with van der Waals surface area (Å²) in [5.41, 5.74) is 5.87. The molecule has 2 rings (SSSR count). The van der Waals surface area contributed by atoms with E-state index in [0.29, 0.717) is 11.4 Å². The number of carbonyl (C=O) groups excluding carboxylic acids is 2. The molecule has 0 saturated carbocycles. The molecule has 0 atom stereocenters. The van der Waals surface area contributed by atoms with Crippen LogP contribution in [0.2, 0.25) is 0 Å². The summed E-state index contributed by atoms with van der Waals surface area (Å²) in [5.74, 6) is 0. The highest BCUT2D eigenvalue weighted by atomic mass is 16.1. The molecule has 4 nitrogen and oxygen atoms in total. The van der Waals surface area contributed by atoms with Crippen LogP contribution in [0.5, 0.6) is 0 Å². The fourth-order valence-corrected chi connectivity index (χ4v) is 2.36. The van der Waals surface area contributed by atoms with Crippen LogP contribution in [0.4, 0.5) is 11.4 Å². The zero-order valence-corrected chi connectivity index (χ0v) is 12.4. The van der Waals surface area contributed by atoms with Crippen LogP contribution in [0.15, 0.2) is 53.0 Å². The molecule has 22 heavy (non-hydrogen) atoms. The van der Waals surface area contributed by atoms with E-state index in [2.05, 4.69) is 16.6 Å². The first kappa shape index (κ1) is 15.3. The number of hydrogen-bond acceptors (Lipinski definition) is 4. The molecule has 2 aromatic carbocycles. The molecule has 0 aliphatic rings. The molecule has 0 aliphatic heterocycles. The molecular formula is C18H14N2O2. The zero-order valence-electron chi connectivity index (χ0n) is 12.4. The Hall–Kier alpha value is -3.06. The molecule has 0 aliphatic carbocycles. The van der Waals surface area contributed by atoms with Crippen LogP contribution in [0.3, 0.4) is 0 Å². The molecule has 0 spiro atoms. The van der Waals surface area contributed by atoms with Crippen LogP contribution < -0.4 is 0 Å². The maximum Gasteiger partial charge on any atom is 0.240 e. The predicted octanol–water partition coefficient (Wildman–Crippen LogP) is 4.30. The van der Waals surface area contributed by atoms with Crippen molar-refractivity contribution in [1.82, 2.24) is 0 Å². The molecule has 0 fully saturated rings. The van der Waals surface area contributed by atoms with Gasteiger partial charge in [0.05, 0.1) is 11.4 Å². The smallest absolute Gasteiger partial charge is 0.211 e. The Morgan fingerprint density at radius 3 is 1.59 bits per heavy atom. The molecule has 0 unspecified atom stereocenters. The second-order valence-corrected chi connectivity index (χ2v) is 4.88. The summed E-state index contributed by atoms with van der Waals surface area (Å²) in [6.07, 6.45) is 3.06. The minimum Gasteiger partial charge on any atom is -0.211 e. The topological polar surface area (TPSA) is 58.9 Å². The van der Waals surface area contributed by atoms with E-state index in [-0.39, 0.29) is 0 Å². The normalized spacial score (nSPS) is 9.55. The molecule has 0 amide bonds. The maximum atomic E-state index is 10.3. The number of rotatable bonds is 4.